The van der Waals surface area contributed by atoms with Crippen LogP contribution in [0.5, 0.6) is 0 Å². The quantitative estimate of drug-likeness (QED) is 0.898. The van der Waals surface area contributed by atoms with E-state index in [1.54, 1.807) is 22.7 Å². The largest absolute Gasteiger partial charge is 0.347 e. The van der Waals surface area contributed by atoms with Gasteiger partial charge in [-0.15, -0.1) is 22.7 Å². The molecule has 2 aromatic rings. The summed E-state index contributed by atoms with van der Waals surface area (Å²) in [7, 11) is 0. The van der Waals surface area contributed by atoms with E-state index in [1.165, 1.54) is 11.8 Å². The summed E-state index contributed by atoms with van der Waals surface area (Å²) in [5.74, 6) is -0.220. The van der Waals surface area contributed by atoms with Gasteiger partial charge in [0.15, 0.2) is 0 Å². The molecule has 2 N–H and O–H groups in total. The predicted octanol–water partition coefficient (Wildman–Crippen LogP) is 3.58. The smallest absolute Gasteiger partial charge is 0.254 e. The topological polar surface area (TPSA) is 58.2 Å². The molecule has 0 spiro atoms. The molecule has 116 valence electrons. The van der Waals surface area contributed by atoms with Crippen molar-refractivity contribution in [1.29, 1.82) is 0 Å². The molecule has 4 nitrogen and oxygen atoms in total. The first kappa shape index (κ1) is 15.2. The summed E-state index contributed by atoms with van der Waals surface area (Å²) in [6.07, 6.45) is 4.19. The minimum atomic E-state index is -0.133. The van der Waals surface area contributed by atoms with Gasteiger partial charge in [0.05, 0.1) is 12.1 Å². The average molecular weight is 334 g/mol. The van der Waals surface area contributed by atoms with Gasteiger partial charge in [-0.3, -0.25) is 9.59 Å². The molecule has 22 heavy (non-hydrogen) atoms. The van der Waals surface area contributed by atoms with Crippen LogP contribution in [0.4, 0.5) is 5.00 Å². The number of hydrogen-bond donors (Lipinski definition) is 2. The normalized spacial score (nSPS) is 13.5. The van der Waals surface area contributed by atoms with E-state index in [4.69, 9.17) is 0 Å². The fourth-order valence-corrected chi connectivity index (χ4v) is 4.70. The Morgan fingerprint density at radius 3 is 2.82 bits per heavy atom. The molecule has 0 radical (unpaired) electrons. The Morgan fingerprint density at radius 1 is 1.27 bits per heavy atom. The number of carbonyl (C=O) groups is 2. The van der Waals surface area contributed by atoms with Crippen LogP contribution in [0.2, 0.25) is 0 Å². The van der Waals surface area contributed by atoms with Crippen LogP contribution in [0, 0.1) is 0 Å². The SMILES string of the molecule is CC(=O)Nc1sc2c(c1C(=O)NCc1cccs1)CCCC2. The maximum Gasteiger partial charge on any atom is 0.254 e. The molecule has 1 aliphatic carbocycles. The number of carbonyl (C=O) groups excluding carboxylic acids is 2. The zero-order valence-electron chi connectivity index (χ0n) is 12.4. The van der Waals surface area contributed by atoms with Crippen LogP contribution >= 0.6 is 22.7 Å². The fraction of sp³-hybridized carbons (Fsp3) is 0.375. The summed E-state index contributed by atoms with van der Waals surface area (Å²) >= 11 is 3.18. The lowest BCUT2D eigenvalue weighted by Gasteiger charge is -2.13. The summed E-state index contributed by atoms with van der Waals surface area (Å²) in [6.45, 7) is 2.01. The highest BCUT2D eigenvalue weighted by atomic mass is 32.1. The number of fused-ring (bicyclic) bond motifs is 1. The maximum atomic E-state index is 12.6. The van der Waals surface area contributed by atoms with Gasteiger partial charge in [-0.2, -0.15) is 0 Å². The highest BCUT2D eigenvalue weighted by Crippen LogP contribution is 2.38. The first-order valence-corrected chi connectivity index (χ1v) is 9.07. The molecular weight excluding hydrogens is 316 g/mol. The maximum absolute atomic E-state index is 12.6. The molecule has 0 aromatic carbocycles. The van der Waals surface area contributed by atoms with Crippen molar-refractivity contribution in [2.75, 3.05) is 5.32 Å². The van der Waals surface area contributed by atoms with E-state index in [0.717, 1.165) is 36.1 Å². The lowest BCUT2D eigenvalue weighted by Crippen LogP contribution is -2.24. The number of hydrogen-bond acceptors (Lipinski definition) is 4. The van der Waals surface area contributed by atoms with Crippen LogP contribution < -0.4 is 10.6 Å². The van der Waals surface area contributed by atoms with Crippen molar-refractivity contribution < 1.29 is 9.59 Å². The van der Waals surface area contributed by atoms with Gasteiger partial charge in [0.1, 0.15) is 5.00 Å². The van der Waals surface area contributed by atoms with Crippen LogP contribution in [-0.2, 0) is 24.2 Å². The van der Waals surface area contributed by atoms with Crippen LogP contribution in [0.3, 0.4) is 0 Å². The molecule has 0 aliphatic heterocycles. The number of thiophene rings is 2. The standard InChI is InChI=1S/C16H18N2O2S2/c1-10(19)18-16-14(12-6-2-3-7-13(12)22-16)15(20)17-9-11-5-4-8-21-11/h4-5,8H,2-3,6-7,9H2,1H3,(H,17,20)(H,18,19). The first-order valence-electron chi connectivity index (χ1n) is 7.38. The van der Waals surface area contributed by atoms with Crippen molar-refractivity contribution in [3.63, 3.8) is 0 Å². The van der Waals surface area contributed by atoms with E-state index in [0.29, 0.717) is 17.1 Å². The molecule has 0 atom stereocenters. The van der Waals surface area contributed by atoms with Crippen molar-refractivity contribution in [2.45, 2.75) is 39.2 Å². The van der Waals surface area contributed by atoms with Gasteiger partial charge in [-0.1, -0.05) is 6.07 Å². The van der Waals surface area contributed by atoms with E-state index in [9.17, 15) is 9.59 Å². The predicted molar refractivity (Wildman–Crippen MR) is 90.8 cm³/mol. The second kappa shape index (κ2) is 6.62. The molecule has 2 aromatic heterocycles. The van der Waals surface area contributed by atoms with Gasteiger partial charge in [-0.05, 0) is 42.7 Å². The summed E-state index contributed by atoms with van der Waals surface area (Å²) in [5.41, 5.74) is 1.80. The van der Waals surface area contributed by atoms with E-state index in [2.05, 4.69) is 10.6 Å². The van der Waals surface area contributed by atoms with Crippen LogP contribution in [0.15, 0.2) is 17.5 Å². The van der Waals surface area contributed by atoms with Crippen molar-refractivity contribution in [1.82, 2.24) is 5.32 Å². The number of anilines is 1. The van der Waals surface area contributed by atoms with Gasteiger partial charge >= 0.3 is 0 Å². The third kappa shape index (κ3) is 3.23. The van der Waals surface area contributed by atoms with Gasteiger partial charge in [0.25, 0.3) is 5.91 Å². The Labute approximate surface area is 137 Å². The molecule has 6 heteroatoms. The van der Waals surface area contributed by atoms with Crippen LogP contribution in [0.1, 0.15) is 45.4 Å². The third-order valence-corrected chi connectivity index (χ3v) is 5.77. The molecule has 0 saturated carbocycles. The number of rotatable bonds is 4. The molecule has 0 unspecified atom stereocenters. The van der Waals surface area contributed by atoms with Gasteiger partial charge in [0, 0.05) is 16.7 Å². The Morgan fingerprint density at radius 2 is 2.09 bits per heavy atom. The molecule has 3 rings (SSSR count). The minimum Gasteiger partial charge on any atom is -0.347 e. The fourth-order valence-electron chi connectivity index (χ4n) is 2.72. The number of nitrogens with one attached hydrogen (secondary N) is 2. The summed E-state index contributed by atoms with van der Waals surface area (Å²) in [4.78, 5) is 26.4. The Bertz CT molecular complexity index is 689. The molecule has 0 fully saturated rings. The van der Waals surface area contributed by atoms with E-state index in [1.807, 2.05) is 17.5 Å². The van der Waals surface area contributed by atoms with E-state index < -0.39 is 0 Å². The zero-order valence-corrected chi connectivity index (χ0v) is 14.0. The lowest BCUT2D eigenvalue weighted by molar-refractivity contribution is -0.114. The van der Waals surface area contributed by atoms with Crippen molar-refractivity contribution >= 4 is 39.5 Å². The zero-order chi connectivity index (χ0) is 15.5. The molecule has 0 bridgehead atoms. The monoisotopic (exact) mass is 334 g/mol. The molecule has 2 heterocycles. The van der Waals surface area contributed by atoms with Crippen molar-refractivity contribution in [3.8, 4) is 0 Å². The van der Waals surface area contributed by atoms with Crippen molar-refractivity contribution in [3.05, 3.63) is 38.4 Å². The van der Waals surface area contributed by atoms with Gasteiger partial charge in [0.2, 0.25) is 5.91 Å². The van der Waals surface area contributed by atoms with Crippen LogP contribution in [-0.4, -0.2) is 11.8 Å². The van der Waals surface area contributed by atoms with Gasteiger partial charge < -0.3 is 10.6 Å². The number of aryl methyl sites for hydroxylation is 1. The van der Waals surface area contributed by atoms with Crippen molar-refractivity contribution in [2.24, 2.45) is 0 Å². The summed E-state index contributed by atoms with van der Waals surface area (Å²) < 4.78 is 0. The Balaban J connectivity index is 1.84. The van der Waals surface area contributed by atoms with Crippen LogP contribution in [0.25, 0.3) is 0 Å². The molecule has 2 amide bonds. The lowest BCUT2D eigenvalue weighted by atomic mass is 9.95. The number of amides is 2. The average Bonchev–Trinajstić information content (AvgIpc) is 3.11. The third-order valence-electron chi connectivity index (χ3n) is 3.69. The Kier molecular flexibility index (Phi) is 4.59. The second-order valence-corrected chi connectivity index (χ2v) is 7.50. The molecule has 0 saturated heterocycles. The molecular formula is C16H18N2O2S2. The minimum absolute atomic E-state index is 0.0865. The summed E-state index contributed by atoms with van der Waals surface area (Å²) in [5, 5.41) is 8.50. The van der Waals surface area contributed by atoms with E-state index in [-0.39, 0.29) is 11.8 Å². The highest BCUT2D eigenvalue weighted by molar-refractivity contribution is 7.17. The Hall–Kier alpha value is -1.66. The van der Waals surface area contributed by atoms with E-state index >= 15 is 0 Å². The summed E-state index contributed by atoms with van der Waals surface area (Å²) in [6, 6.07) is 3.98. The molecule has 1 aliphatic rings. The first-order chi connectivity index (χ1) is 10.6. The van der Waals surface area contributed by atoms with Gasteiger partial charge in [-0.25, -0.2) is 0 Å². The second-order valence-electron chi connectivity index (χ2n) is 5.36. The highest BCUT2D eigenvalue weighted by Gasteiger charge is 2.25.